The van der Waals surface area contributed by atoms with Gasteiger partial charge in [-0.15, -0.1) is 0 Å². The number of aromatic nitrogens is 1. The molecule has 20 heavy (non-hydrogen) atoms. The molecule has 0 saturated heterocycles. The predicted octanol–water partition coefficient (Wildman–Crippen LogP) is 4.51. The molecular weight excluding hydrogens is 242 g/mol. The van der Waals surface area contributed by atoms with Gasteiger partial charge in [-0.1, -0.05) is 54.6 Å². The van der Waals surface area contributed by atoms with Crippen LogP contribution in [-0.2, 0) is 12.8 Å². The summed E-state index contributed by atoms with van der Waals surface area (Å²) in [4.78, 5) is 4.64. The van der Waals surface area contributed by atoms with Crippen molar-refractivity contribution >= 4 is 0 Å². The summed E-state index contributed by atoms with van der Waals surface area (Å²) < 4.78 is 0. The fourth-order valence-corrected chi connectivity index (χ4v) is 3.10. The second-order valence-corrected chi connectivity index (χ2v) is 5.21. The molecule has 1 heteroatoms. The second-order valence-electron chi connectivity index (χ2n) is 5.21. The molecular formula is C19H15N. The molecule has 0 fully saturated rings. The summed E-state index contributed by atoms with van der Waals surface area (Å²) in [5, 5.41) is 0. The fraction of sp³-hybridized carbons (Fsp3) is 0.105. The van der Waals surface area contributed by atoms with Gasteiger partial charge in [-0.2, -0.15) is 0 Å². The molecule has 0 atom stereocenters. The van der Waals surface area contributed by atoms with Crippen molar-refractivity contribution < 1.29 is 0 Å². The third-order valence-corrected chi connectivity index (χ3v) is 4.05. The van der Waals surface area contributed by atoms with Crippen LogP contribution in [0.5, 0.6) is 0 Å². The lowest BCUT2D eigenvalue weighted by Crippen LogP contribution is -2.06. The van der Waals surface area contributed by atoms with Crippen LogP contribution in [0.1, 0.15) is 11.1 Å². The smallest absolute Gasteiger partial charge is 0.0740 e. The van der Waals surface area contributed by atoms with Gasteiger partial charge >= 0.3 is 0 Å². The summed E-state index contributed by atoms with van der Waals surface area (Å²) in [7, 11) is 0. The number of nitrogens with zero attached hydrogens (tertiary/aromatic N) is 1. The minimum atomic E-state index is 1.07. The largest absolute Gasteiger partial charge is 0.256 e. The molecule has 2 aromatic carbocycles. The second kappa shape index (κ2) is 4.61. The SMILES string of the molecule is c1ccc(-c2nccc3c2CCc2ccccc2-3)cc1. The van der Waals surface area contributed by atoms with Crippen molar-refractivity contribution in [2.75, 3.05) is 0 Å². The Morgan fingerprint density at radius 2 is 1.50 bits per heavy atom. The number of rotatable bonds is 1. The number of fused-ring (bicyclic) bond motifs is 3. The highest BCUT2D eigenvalue weighted by molar-refractivity contribution is 5.79. The van der Waals surface area contributed by atoms with E-state index in [1.807, 2.05) is 12.3 Å². The monoisotopic (exact) mass is 257 g/mol. The highest BCUT2D eigenvalue weighted by Crippen LogP contribution is 2.37. The maximum atomic E-state index is 4.64. The topological polar surface area (TPSA) is 12.9 Å². The van der Waals surface area contributed by atoms with Gasteiger partial charge < -0.3 is 0 Å². The molecule has 0 amide bonds. The first-order valence-electron chi connectivity index (χ1n) is 7.05. The van der Waals surface area contributed by atoms with Gasteiger partial charge in [0.15, 0.2) is 0 Å². The first-order valence-corrected chi connectivity index (χ1v) is 7.05. The van der Waals surface area contributed by atoms with Crippen molar-refractivity contribution in [2.45, 2.75) is 12.8 Å². The molecule has 1 heterocycles. The molecule has 0 aliphatic heterocycles. The van der Waals surface area contributed by atoms with E-state index in [1.54, 1.807) is 0 Å². The number of pyridine rings is 1. The Balaban J connectivity index is 1.95. The van der Waals surface area contributed by atoms with Crippen LogP contribution in [0.25, 0.3) is 22.4 Å². The van der Waals surface area contributed by atoms with E-state index in [-0.39, 0.29) is 0 Å². The van der Waals surface area contributed by atoms with E-state index in [1.165, 1.54) is 27.8 Å². The molecule has 0 bridgehead atoms. The number of benzene rings is 2. The highest BCUT2D eigenvalue weighted by Gasteiger charge is 2.19. The van der Waals surface area contributed by atoms with Gasteiger partial charge in [0, 0.05) is 11.8 Å². The average molecular weight is 257 g/mol. The van der Waals surface area contributed by atoms with Crippen molar-refractivity contribution in [1.82, 2.24) is 4.98 Å². The molecule has 96 valence electrons. The van der Waals surface area contributed by atoms with E-state index in [0.29, 0.717) is 0 Å². The van der Waals surface area contributed by atoms with Crippen LogP contribution >= 0.6 is 0 Å². The molecule has 0 unspecified atom stereocenters. The lowest BCUT2D eigenvalue weighted by atomic mass is 9.84. The Bertz CT molecular complexity index is 745. The molecule has 1 aromatic heterocycles. The zero-order chi connectivity index (χ0) is 13.4. The third kappa shape index (κ3) is 1.75. The van der Waals surface area contributed by atoms with E-state index in [4.69, 9.17) is 0 Å². The van der Waals surface area contributed by atoms with E-state index in [9.17, 15) is 0 Å². The Morgan fingerprint density at radius 1 is 0.700 bits per heavy atom. The zero-order valence-corrected chi connectivity index (χ0v) is 11.2. The van der Waals surface area contributed by atoms with Crippen LogP contribution in [-0.4, -0.2) is 4.98 Å². The molecule has 4 rings (SSSR count). The van der Waals surface area contributed by atoms with Crippen molar-refractivity contribution in [3.05, 3.63) is 78.0 Å². The summed E-state index contributed by atoms with van der Waals surface area (Å²) in [5.41, 5.74) is 7.90. The van der Waals surface area contributed by atoms with E-state index >= 15 is 0 Å². The predicted molar refractivity (Wildman–Crippen MR) is 82.5 cm³/mol. The van der Waals surface area contributed by atoms with Crippen molar-refractivity contribution in [3.63, 3.8) is 0 Å². The maximum absolute atomic E-state index is 4.64. The van der Waals surface area contributed by atoms with Crippen LogP contribution in [0.15, 0.2) is 66.9 Å². The molecule has 0 radical (unpaired) electrons. The van der Waals surface area contributed by atoms with Gasteiger partial charge in [-0.05, 0) is 41.2 Å². The standard InChI is InChI=1S/C19H15N/c1-2-7-15(8-3-1)19-18-11-10-14-6-4-5-9-16(14)17(18)12-13-20-19/h1-9,12-13H,10-11H2. The summed E-state index contributed by atoms with van der Waals surface area (Å²) >= 11 is 0. The summed E-state index contributed by atoms with van der Waals surface area (Å²) in [6.45, 7) is 0. The Labute approximate surface area is 118 Å². The lowest BCUT2D eigenvalue weighted by molar-refractivity contribution is 0.934. The van der Waals surface area contributed by atoms with E-state index in [2.05, 4.69) is 59.6 Å². The molecule has 1 nitrogen and oxygen atoms in total. The Morgan fingerprint density at radius 3 is 2.40 bits per heavy atom. The van der Waals surface area contributed by atoms with Gasteiger partial charge in [0.1, 0.15) is 0 Å². The molecule has 1 aliphatic carbocycles. The van der Waals surface area contributed by atoms with Crippen LogP contribution in [0, 0.1) is 0 Å². The minimum absolute atomic E-state index is 1.07. The van der Waals surface area contributed by atoms with Gasteiger partial charge in [0.2, 0.25) is 0 Å². The number of aryl methyl sites for hydroxylation is 1. The third-order valence-electron chi connectivity index (χ3n) is 4.05. The van der Waals surface area contributed by atoms with Crippen LogP contribution in [0.2, 0.25) is 0 Å². The minimum Gasteiger partial charge on any atom is -0.256 e. The van der Waals surface area contributed by atoms with E-state index in [0.717, 1.165) is 18.5 Å². The average Bonchev–Trinajstić information content (AvgIpc) is 2.55. The lowest BCUT2D eigenvalue weighted by Gasteiger charge is -2.21. The first-order chi connectivity index (χ1) is 9.93. The van der Waals surface area contributed by atoms with Crippen molar-refractivity contribution in [1.29, 1.82) is 0 Å². The quantitative estimate of drug-likeness (QED) is 0.625. The summed E-state index contributed by atoms with van der Waals surface area (Å²) in [5.74, 6) is 0. The molecule has 0 N–H and O–H groups in total. The number of hydrogen-bond acceptors (Lipinski definition) is 1. The van der Waals surface area contributed by atoms with Gasteiger partial charge in [0.25, 0.3) is 0 Å². The fourth-order valence-electron chi connectivity index (χ4n) is 3.10. The first kappa shape index (κ1) is 11.4. The van der Waals surface area contributed by atoms with Crippen LogP contribution in [0.3, 0.4) is 0 Å². The van der Waals surface area contributed by atoms with Crippen molar-refractivity contribution in [2.24, 2.45) is 0 Å². The van der Waals surface area contributed by atoms with Gasteiger partial charge in [-0.25, -0.2) is 0 Å². The Hall–Kier alpha value is -2.41. The zero-order valence-electron chi connectivity index (χ0n) is 11.2. The summed E-state index contributed by atoms with van der Waals surface area (Å²) in [6.07, 6.45) is 4.11. The molecule has 0 spiro atoms. The Kier molecular flexibility index (Phi) is 2.63. The number of hydrogen-bond donors (Lipinski definition) is 0. The van der Waals surface area contributed by atoms with Gasteiger partial charge in [0.05, 0.1) is 5.69 Å². The van der Waals surface area contributed by atoms with Gasteiger partial charge in [-0.3, -0.25) is 4.98 Å². The highest BCUT2D eigenvalue weighted by atomic mass is 14.7. The molecule has 3 aromatic rings. The maximum Gasteiger partial charge on any atom is 0.0740 e. The van der Waals surface area contributed by atoms with Crippen molar-refractivity contribution in [3.8, 4) is 22.4 Å². The summed E-state index contributed by atoms with van der Waals surface area (Å²) in [6, 6.07) is 21.4. The van der Waals surface area contributed by atoms with Crippen LogP contribution in [0.4, 0.5) is 0 Å². The molecule has 0 saturated carbocycles. The van der Waals surface area contributed by atoms with E-state index < -0.39 is 0 Å². The van der Waals surface area contributed by atoms with Crippen LogP contribution < -0.4 is 0 Å². The normalized spacial score (nSPS) is 12.6. The molecule has 1 aliphatic rings.